The molecule has 3 heterocycles. The minimum absolute atomic E-state index is 0.00462. The van der Waals surface area contributed by atoms with E-state index in [1.54, 1.807) is 17.0 Å². The van der Waals surface area contributed by atoms with Gasteiger partial charge < -0.3 is 19.0 Å². The number of furan rings is 1. The zero-order valence-electron chi connectivity index (χ0n) is 16.3. The molecule has 0 N–H and O–H groups in total. The summed E-state index contributed by atoms with van der Waals surface area (Å²) >= 11 is 0. The van der Waals surface area contributed by atoms with E-state index < -0.39 is 0 Å². The van der Waals surface area contributed by atoms with Crippen molar-refractivity contribution in [3.05, 3.63) is 47.4 Å². The van der Waals surface area contributed by atoms with Gasteiger partial charge in [-0.1, -0.05) is 13.0 Å². The van der Waals surface area contributed by atoms with Crippen LogP contribution in [0.2, 0.25) is 0 Å². The first kappa shape index (κ1) is 18.6. The molecule has 0 spiro atoms. The summed E-state index contributed by atoms with van der Waals surface area (Å²) in [7, 11) is 0. The Morgan fingerprint density at radius 2 is 1.89 bits per heavy atom. The number of rotatable bonds is 4. The van der Waals surface area contributed by atoms with Crippen LogP contribution < -0.4 is 9.64 Å². The lowest BCUT2D eigenvalue weighted by Gasteiger charge is -2.33. The fourth-order valence-electron chi connectivity index (χ4n) is 3.64. The van der Waals surface area contributed by atoms with Crippen LogP contribution in [0.25, 0.3) is 0 Å². The molecule has 2 amide bonds. The maximum absolute atomic E-state index is 12.7. The monoisotopic (exact) mass is 383 g/mol. The maximum Gasteiger partial charge on any atom is 0.289 e. The van der Waals surface area contributed by atoms with Gasteiger partial charge in [-0.15, -0.1) is 0 Å². The highest BCUT2D eigenvalue weighted by molar-refractivity contribution is 5.97. The molecule has 0 atom stereocenters. The Morgan fingerprint density at radius 3 is 2.64 bits per heavy atom. The third-order valence-corrected chi connectivity index (χ3v) is 5.35. The van der Waals surface area contributed by atoms with Crippen molar-refractivity contribution < 1.29 is 18.7 Å². The second-order valence-electron chi connectivity index (χ2n) is 7.23. The van der Waals surface area contributed by atoms with Crippen molar-refractivity contribution in [3.8, 4) is 5.75 Å². The van der Waals surface area contributed by atoms with E-state index in [1.165, 1.54) is 0 Å². The molecule has 1 saturated heterocycles. The van der Waals surface area contributed by atoms with Crippen LogP contribution in [0, 0.1) is 6.92 Å². The normalized spacial score (nSPS) is 17.4. The SMILES string of the molecule is CCN1CCN(C(=O)c2ccc(CN3C(=O)COc4cc(C)ccc43)o2)CC1. The number of anilines is 1. The molecule has 0 unspecified atom stereocenters. The molecule has 4 rings (SSSR count). The summed E-state index contributed by atoms with van der Waals surface area (Å²) < 4.78 is 11.3. The minimum Gasteiger partial charge on any atom is -0.482 e. The van der Waals surface area contributed by atoms with Gasteiger partial charge in [-0.05, 0) is 43.3 Å². The summed E-state index contributed by atoms with van der Waals surface area (Å²) in [5, 5.41) is 0. The molecule has 2 aliphatic heterocycles. The predicted octanol–water partition coefficient (Wildman–Crippen LogP) is 2.29. The molecule has 2 aromatic rings. The molecule has 1 aromatic carbocycles. The van der Waals surface area contributed by atoms with E-state index in [1.807, 2.05) is 30.0 Å². The largest absolute Gasteiger partial charge is 0.482 e. The molecule has 7 nitrogen and oxygen atoms in total. The van der Waals surface area contributed by atoms with Crippen LogP contribution in [0.5, 0.6) is 5.75 Å². The Labute approximate surface area is 164 Å². The van der Waals surface area contributed by atoms with Gasteiger partial charge >= 0.3 is 0 Å². The molecule has 0 saturated carbocycles. The fraction of sp³-hybridized carbons (Fsp3) is 0.429. The van der Waals surface area contributed by atoms with Crippen LogP contribution in [0.3, 0.4) is 0 Å². The van der Waals surface area contributed by atoms with E-state index in [-0.39, 0.29) is 25.0 Å². The van der Waals surface area contributed by atoms with Gasteiger partial charge in [0.2, 0.25) is 0 Å². The molecule has 0 bridgehead atoms. The molecule has 2 aliphatic rings. The maximum atomic E-state index is 12.7. The molecule has 1 aromatic heterocycles. The number of benzene rings is 1. The van der Waals surface area contributed by atoms with Crippen LogP contribution in [0.1, 0.15) is 28.8 Å². The number of piperazine rings is 1. The lowest BCUT2D eigenvalue weighted by molar-refractivity contribution is -0.121. The number of ether oxygens (including phenoxy) is 1. The minimum atomic E-state index is -0.128. The first-order valence-electron chi connectivity index (χ1n) is 9.69. The van der Waals surface area contributed by atoms with Crippen molar-refractivity contribution in [3.63, 3.8) is 0 Å². The molecule has 28 heavy (non-hydrogen) atoms. The zero-order valence-corrected chi connectivity index (χ0v) is 16.3. The molecular weight excluding hydrogens is 358 g/mol. The van der Waals surface area contributed by atoms with Crippen molar-refractivity contribution in [2.45, 2.75) is 20.4 Å². The number of hydrogen-bond acceptors (Lipinski definition) is 5. The quantitative estimate of drug-likeness (QED) is 0.811. The van der Waals surface area contributed by atoms with Crippen molar-refractivity contribution in [2.75, 3.05) is 44.2 Å². The Morgan fingerprint density at radius 1 is 1.11 bits per heavy atom. The van der Waals surface area contributed by atoms with Crippen LogP contribution >= 0.6 is 0 Å². The van der Waals surface area contributed by atoms with E-state index in [9.17, 15) is 9.59 Å². The van der Waals surface area contributed by atoms with Crippen LogP contribution in [-0.4, -0.2) is 60.9 Å². The number of carbonyl (C=O) groups is 2. The summed E-state index contributed by atoms with van der Waals surface area (Å²) in [4.78, 5) is 30.9. The predicted molar refractivity (Wildman–Crippen MR) is 105 cm³/mol. The Kier molecular flexibility index (Phi) is 5.09. The molecule has 148 valence electrons. The molecule has 7 heteroatoms. The number of likely N-dealkylation sites (N-methyl/N-ethyl adjacent to an activating group) is 1. The second kappa shape index (κ2) is 7.67. The fourth-order valence-corrected chi connectivity index (χ4v) is 3.64. The van der Waals surface area contributed by atoms with E-state index in [0.29, 0.717) is 30.4 Å². The van der Waals surface area contributed by atoms with Gasteiger partial charge in [-0.25, -0.2) is 0 Å². The smallest absolute Gasteiger partial charge is 0.289 e. The summed E-state index contributed by atoms with van der Waals surface area (Å²) in [5.41, 5.74) is 1.80. The van der Waals surface area contributed by atoms with Crippen molar-refractivity contribution in [1.29, 1.82) is 0 Å². The lowest BCUT2D eigenvalue weighted by atomic mass is 10.1. The average Bonchev–Trinajstić information content (AvgIpc) is 3.18. The number of hydrogen-bond donors (Lipinski definition) is 0. The Bertz CT molecular complexity index is 884. The number of amides is 2. The van der Waals surface area contributed by atoms with Crippen molar-refractivity contribution in [2.24, 2.45) is 0 Å². The zero-order chi connectivity index (χ0) is 19.7. The van der Waals surface area contributed by atoms with Crippen molar-refractivity contribution in [1.82, 2.24) is 9.80 Å². The standard InChI is InChI=1S/C21H25N3O4/c1-3-22-8-10-23(11-9-22)21(26)18-7-5-16(28-18)13-24-17-6-4-15(2)12-19(17)27-14-20(24)25/h4-7,12H,3,8-11,13-14H2,1-2H3. The van der Waals surface area contributed by atoms with Crippen molar-refractivity contribution >= 4 is 17.5 Å². The number of aryl methyl sites for hydroxylation is 1. The van der Waals surface area contributed by atoms with E-state index in [0.717, 1.165) is 30.9 Å². The van der Waals surface area contributed by atoms with Crippen LogP contribution in [-0.2, 0) is 11.3 Å². The highest BCUT2D eigenvalue weighted by atomic mass is 16.5. The van der Waals surface area contributed by atoms with Crippen LogP contribution in [0.15, 0.2) is 34.7 Å². The highest BCUT2D eigenvalue weighted by Crippen LogP contribution is 2.34. The second-order valence-corrected chi connectivity index (χ2v) is 7.23. The number of nitrogens with zero attached hydrogens (tertiary/aromatic N) is 3. The molecule has 1 fully saturated rings. The van der Waals surface area contributed by atoms with Gasteiger partial charge in [-0.3, -0.25) is 14.5 Å². The first-order valence-corrected chi connectivity index (χ1v) is 9.69. The topological polar surface area (TPSA) is 66.2 Å². The van der Waals surface area contributed by atoms with E-state index in [4.69, 9.17) is 9.15 Å². The molecule has 0 aliphatic carbocycles. The Balaban J connectivity index is 1.47. The van der Waals surface area contributed by atoms with Gasteiger partial charge in [-0.2, -0.15) is 0 Å². The van der Waals surface area contributed by atoms with Gasteiger partial charge in [0.15, 0.2) is 12.4 Å². The number of carbonyl (C=O) groups excluding carboxylic acids is 2. The van der Waals surface area contributed by atoms with Gasteiger partial charge in [0.25, 0.3) is 11.8 Å². The highest BCUT2D eigenvalue weighted by Gasteiger charge is 2.28. The van der Waals surface area contributed by atoms with E-state index in [2.05, 4.69) is 11.8 Å². The third kappa shape index (κ3) is 3.62. The lowest BCUT2D eigenvalue weighted by Crippen LogP contribution is -2.48. The van der Waals surface area contributed by atoms with Crippen LogP contribution in [0.4, 0.5) is 5.69 Å². The Hall–Kier alpha value is -2.80. The van der Waals surface area contributed by atoms with Gasteiger partial charge in [0, 0.05) is 26.2 Å². The van der Waals surface area contributed by atoms with E-state index >= 15 is 0 Å². The summed E-state index contributed by atoms with van der Waals surface area (Å²) in [5.74, 6) is 1.38. The van der Waals surface area contributed by atoms with Gasteiger partial charge in [0.1, 0.15) is 11.5 Å². The summed E-state index contributed by atoms with van der Waals surface area (Å²) in [6.45, 7) is 8.57. The molecule has 0 radical (unpaired) electrons. The van der Waals surface area contributed by atoms with Gasteiger partial charge in [0.05, 0.1) is 12.2 Å². The summed E-state index contributed by atoms with van der Waals surface area (Å²) in [6.07, 6.45) is 0. The third-order valence-electron chi connectivity index (χ3n) is 5.35. The molecular formula is C21H25N3O4. The average molecular weight is 383 g/mol. The summed E-state index contributed by atoms with van der Waals surface area (Å²) in [6, 6.07) is 9.21. The first-order chi connectivity index (χ1) is 13.5. The number of fused-ring (bicyclic) bond motifs is 1.